The fraction of sp³-hybridized carbons (Fsp3) is 0.263. The highest BCUT2D eigenvalue weighted by Crippen LogP contribution is 2.24. The summed E-state index contributed by atoms with van der Waals surface area (Å²) in [5, 5.41) is 0. The molecule has 3 heterocycles. The van der Waals surface area contributed by atoms with Gasteiger partial charge in [0.2, 0.25) is 5.78 Å². The van der Waals surface area contributed by atoms with Gasteiger partial charge < -0.3 is 4.74 Å². The quantitative estimate of drug-likeness (QED) is 0.541. The normalized spacial score (nSPS) is 11.4. The van der Waals surface area contributed by atoms with Gasteiger partial charge in [-0.15, -0.1) is 0 Å². The molecule has 0 radical (unpaired) electrons. The molecule has 0 aliphatic carbocycles. The first kappa shape index (κ1) is 17.8. The number of rotatable bonds is 3. The van der Waals surface area contributed by atoms with Crippen LogP contribution in [0.4, 0.5) is 0 Å². The Balaban J connectivity index is 1.99. The van der Waals surface area contributed by atoms with Crippen molar-refractivity contribution in [1.82, 2.24) is 23.5 Å². The number of carbonyl (C=O) groups excluding carboxylic acids is 1. The molecule has 0 spiro atoms. The Morgan fingerprint density at radius 1 is 1.14 bits per heavy atom. The van der Waals surface area contributed by atoms with Crippen LogP contribution in [0.2, 0.25) is 0 Å². The molecule has 0 unspecified atom stereocenters. The van der Waals surface area contributed by atoms with Crippen LogP contribution in [0.5, 0.6) is 0 Å². The summed E-state index contributed by atoms with van der Waals surface area (Å²) in [7, 11) is 1.56. The Hall–Kier alpha value is -3.62. The van der Waals surface area contributed by atoms with Gasteiger partial charge in [-0.3, -0.25) is 23.3 Å². The van der Waals surface area contributed by atoms with Crippen LogP contribution in [-0.2, 0) is 11.8 Å². The number of H-pyrrole nitrogens is 1. The Morgan fingerprint density at radius 3 is 2.46 bits per heavy atom. The molecular weight excluding hydrogens is 362 g/mol. The Labute approximate surface area is 158 Å². The fourth-order valence-electron chi connectivity index (χ4n) is 3.38. The number of aromatic nitrogens is 5. The van der Waals surface area contributed by atoms with E-state index in [0.717, 1.165) is 17.1 Å². The molecule has 3 aromatic heterocycles. The number of aromatic amines is 1. The smallest absolute Gasteiger partial charge is 0.338 e. The van der Waals surface area contributed by atoms with Crippen LogP contribution >= 0.6 is 0 Å². The lowest BCUT2D eigenvalue weighted by atomic mass is 10.2. The molecule has 0 aliphatic rings. The van der Waals surface area contributed by atoms with Crippen molar-refractivity contribution in [2.24, 2.45) is 7.05 Å². The number of nitrogens with one attached hydrogen (secondary N) is 1. The monoisotopic (exact) mass is 381 g/mol. The Morgan fingerprint density at radius 2 is 1.82 bits per heavy atom. The third-order valence-electron chi connectivity index (χ3n) is 4.93. The summed E-state index contributed by atoms with van der Waals surface area (Å²) < 4.78 is 9.95. The van der Waals surface area contributed by atoms with Crippen molar-refractivity contribution in [3.8, 4) is 5.69 Å². The number of hydrogen-bond donors (Lipinski definition) is 1. The van der Waals surface area contributed by atoms with E-state index in [-0.39, 0.29) is 5.97 Å². The average Bonchev–Trinajstić information content (AvgIpc) is 3.17. The fourth-order valence-corrected chi connectivity index (χ4v) is 3.38. The molecule has 0 fully saturated rings. The zero-order valence-corrected chi connectivity index (χ0v) is 15.9. The molecule has 0 aliphatic heterocycles. The van der Waals surface area contributed by atoms with E-state index in [0.29, 0.717) is 29.1 Å². The summed E-state index contributed by atoms with van der Waals surface area (Å²) in [5.41, 5.74) is 2.58. The van der Waals surface area contributed by atoms with Crippen LogP contribution in [0.3, 0.4) is 0 Å². The van der Waals surface area contributed by atoms with Crippen LogP contribution in [0.25, 0.3) is 22.6 Å². The number of esters is 1. The SMILES string of the molecule is CCOC(=O)c1ccc(-n2c(C)c(C)n3c4c(=O)[nH]c(=O)n(C)c4nc23)cc1. The molecule has 4 rings (SSSR count). The third-order valence-corrected chi connectivity index (χ3v) is 4.93. The summed E-state index contributed by atoms with van der Waals surface area (Å²) in [5.74, 6) is 0.133. The molecule has 9 heteroatoms. The van der Waals surface area contributed by atoms with E-state index in [1.807, 2.05) is 18.4 Å². The number of imidazole rings is 2. The van der Waals surface area contributed by atoms with Crippen LogP contribution < -0.4 is 11.2 Å². The maximum atomic E-state index is 12.4. The van der Waals surface area contributed by atoms with Crippen LogP contribution in [0.1, 0.15) is 28.7 Å². The van der Waals surface area contributed by atoms with E-state index in [1.165, 1.54) is 4.57 Å². The van der Waals surface area contributed by atoms with Crippen LogP contribution in [0, 0.1) is 13.8 Å². The highest BCUT2D eigenvalue weighted by Gasteiger charge is 2.21. The van der Waals surface area contributed by atoms with E-state index >= 15 is 0 Å². The molecule has 1 N–H and O–H groups in total. The molecule has 1 aromatic carbocycles. The molecule has 4 aromatic rings. The maximum Gasteiger partial charge on any atom is 0.338 e. The first-order valence-corrected chi connectivity index (χ1v) is 8.82. The first-order chi connectivity index (χ1) is 13.3. The number of carbonyl (C=O) groups is 1. The third kappa shape index (κ3) is 2.39. The summed E-state index contributed by atoms with van der Waals surface area (Å²) in [6, 6.07) is 6.95. The topological polar surface area (TPSA) is 103 Å². The molecule has 0 amide bonds. The van der Waals surface area contributed by atoms with Crippen molar-refractivity contribution < 1.29 is 9.53 Å². The van der Waals surface area contributed by atoms with Gasteiger partial charge in [0.25, 0.3) is 5.56 Å². The number of ether oxygens (including phenoxy) is 1. The summed E-state index contributed by atoms with van der Waals surface area (Å²) in [6.45, 7) is 5.88. The number of hydrogen-bond acceptors (Lipinski definition) is 5. The lowest BCUT2D eigenvalue weighted by molar-refractivity contribution is 0.0526. The van der Waals surface area contributed by atoms with Gasteiger partial charge in [-0.25, -0.2) is 9.59 Å². The van der Waals surface area contributed by atoms with E-state index in [1.54, 1.807) is 42.6 Å². The average molecular weight is 381 g/mol. The second-order valence-corrected chi connectivity index (χ2v) is 6.51. The van der Waals surface area contributed by atoms with Crippen molar-refractivity contribution in [1.29, 1.82) is 0 Å². The standard InChI is InChI=1S/C19H19N5O4/c1-5-28-17(26)12-6-8-13(9-7-12)23-10(2)11(3)24-14-15(20-18(23)24)22(4)19(27)21-16(14)25/h6-9H,5H2,1-4H3,(H,21,25,27). The predicted octanol–water partition coefficient (Wildman–Crippen LogP) is 1.46. The Kier molecular flexibility index (Phi) is 3.95. The van der Waals surface area contributed by atoms with Crippen molar-refractivity contribution in [2.45, 2.75) is 20.8 Å². The maximum absolute atomic E-state index is 12.4. The van der Waals surface area contributed by atoms with Gasteiger partial charge in [0.1, 0.15) is 0 Å². The summed E-state index contributed by atoms with van der Waals surface area (Å²) >= 11 is 0. The largest absolute Gasteiger partial charge is 0.462 e. The van der Waals surface area contributed by atoms with Gasteiger partial charge in [0.15, 0.2) is 11.2 Å². The second kappa shape index (κ2) is 6.22. The van der Waals surface area contributed by atoms with Gasteiger partial charge in [0, 0.05) is 24.1 Å². The Bertz CT molecular complexity index is 1350. The lowest BCUT2D eigenvalue weighted by Crippen LogP contribution is -2.28. The minimum Gasteiger partial charge on any atom is -0.462 e. The number of benzene rings is 1. The molecule has 9 nitrogen and oxygen atoms in total. The van der Waals surface area contributed by atoms with Gasteiger partial charge in [-0.2, -0.15) is 4.98 Å². The van der Waals surface area contributed by atoms with E-state index < -0.39 is 11.2 Å². The van der Waals surface area contributed by atoms with E-state index in [4.69, 9.17) is 4.74 Å². The number of fused-ring (bicyclic) bond motifs is 3. The van der Waals surface area contributed by atoms with Gasteiger partial charge in [-0.1, -0.05) is 0 Å². The van der Waals surface area contributed by atoms with E-state index in [9.17, 15) is 14.4 Å². The minimum atomic E-state index is -0.516. The van der Waals surface area contributed by atoms with Crippen LogP contribution in [-0.4, -0.2) is 36.1 Å². The van der Waals surface area contributed by atoms with Crippen molar-refractivity contribution in [3.05, 3.63) is 62.1 Å². The number of nitrogens with zero attached hydrogens (tertiary/aromatic N) is 4. The lowest BCUT2D eigenvalue weighted by Gasteiger charge is -2.08. The van der Waals surface area contributed by atoms with Crippen molar-refractivity contribution in [3.63, 3.8) is 0 Å². The van der Waals surface area contributed by atoms with Gasteiger partial charge in [0.05, 0.1) is 12.2 Å². The zero-order valence-electron chi connectivity index (χ0n) is 15.9. The highest BCUT2D eigenvalue weighted by molar-refractivity contribution is 5.89. The molecule has 0 bridgehead atoms. The van der Waals surface area contributed by atoms with Gasteiger partial charge >= 0.3 is 11.7 Å². The second-order valence-electron chi connectivity index (χ2n) is 6.51. The zero-order chi connectivity index (χ0) is 20.2. The molecule has 0 atom stereocenters. The highest BCUT2D eigenvalue weighted by atomic mass is 16.5. The predicted molar refractivity (Wildman–Crippen MR) is 103 cm³/mol. The first-order valence-electron chi connectivity index (χ1n) is 8.82. The van der Waals surface area contributed by atoms with Gasteiger partial charge in [-0.05, 0) is 45.0 Å². The molecule has 0 saturated heterocycles. The number of aryl methyl sites for hydroxylation is 2. The molecule has 28 heavy (non-hydrogen) atoms. The summed E-state index contributed by atoms with van der Waals surface area (Å²) in [6.07, 6.45) is 0. The summed E-state index contributed by atoms with van der Waals surface area (Å²) in [4.78, 5) is 43.1. The minimum absolute atomic E-state index is 0.309. The van der Waals surface area contributed by atoms with E-state index in [2.05, 4.69) is 9.97 Å². The molecule has 0 saturated carbocycles. The van der Waals surface area contributed by atoms with Crippen LogP contribution in [0.15, 0.2) is 33.9 Å². The molecule has 144 valence electrons. The van der Waals surface area contributed by atoms with Crippen molar-refractivity contribution in [2.75, 3.05) is 6.61 Å². The molecular formula is C19H19N5O4. The van der Waals surface area contributed by atoms with Crippen molar-refractivity contribution >= 4 is 22.9 Å².